The Hall–Kier alpha value is -1.06. The van der Waals surface area contributed by atoms with Gasteiger partial charge in [0.15, 0.2) is 0 Å². The van der Waals surface area contributed by atoms with Crippen molar-refractivity contribution in [3.8, 4) is 0 Å². The van der Waals surface area contributed by atoms with E-state index in [0.29, 0.717) is 12.8 Å². The van der Waals surface area contributed by atoms with Crippen LogP contribution in [-0.2, 0) is 19.1 Å². The molecule has 0 amide bonds. The Balaban J connectivity index is 4.06. The van der Waals surface area contributed by atoms with Crippen molar-refractivity contribution in [2.75, 3.05) is 0 Å². The lowest BCUT2D eigenvalue weighted by atomic mass is 10.0. The van der Waals surface area contributed by atoms with Crippen LogP contribution >= 0.6 is 0 Å². The first kappa shape index (κ1) is 46.9. The lowest BCUT2D eigenvalue weighted by Gasteiger charge is -2.18. The molecule has 4 nitrogen and oxygen atoms in total. The van der Waals surface area contributed by atoms with Crippen LogP contribution in [0.5, 0.6) is 0 Å². The van der Waals surface area contributed by atoms with E-state index in [1.54, 1.807) is 0 Å². The Bertz CT molecular complexity index is 606. The smallest absolute Gasteiger partial charge is 0.306 e. The lowest BCUT2D eigenvalue weighted by molar-refractivity contribution is -0.151. The first-order valence-electron chi connectivity index (χ1n) is 22.0. The fourth-order valence-electron chi connectivity index (χ4n) is 6.87. The zero-order valence-corrected chi connectivity index (χ0v) is 33.2. The molecule has 0 heterocycles. The number of unbranched alkanes of at least 4 members (excludes halogenated alkanes) is 25. The van der Waals surface area contributed by atoms with Gasteiger partial charge in [-0.15, -0.1) is 0 Å². The molecule has 0 saturated carbocycles. The highest BCUT2D eigenvalue weighted by Crippen LogP contribution is 2.20. The number of carbonyl (C=O) groups is 2. The van der Waals surface area contributed by atoms with Crippen molar-refractivity contribution in [3.05, 3.63) is 0 Å². The molecule has 0 aliphatic rings. The Morgan fingerprint density at radius 3 is 0.771 bits per heavy atom. The fourth-order valence-corrected chi connectivity index (χ4v) is 6.87. The summed E-state index contributed by atoms with van der Waals surface area (Å²) in [5.41, 5.74) is 0. The molecule has 2 unspecified atom stereocenters. The van der Waals surface area contributed by atoms with E-state index < -0.39 is 0 Å². The summed E-state index contributed by atoms with van der Waals surface area (Å²) in [7, 11) is 0. The second-order valence-electron chi connectivity index (χ2n) is 15.1. The van der Waals surface area contributed by atoms with Crippen molar-refractivity contribution < 1.29 is 19.1 Å². The maximum atomic E-state index is 12.6. The van der Waals surface area contributed by atoms with E-state index in [-0.39, 0.29) is 24.1 Å². The van der Waals surface area contributed by atoms with Crippen LogP contribution in [0.1, 0.15) is 259 Å². The molecule has 0 radical (unpaired) electrons. The second-order valence-corrected chi connectivity index (χ2v) is 15.1. The molecular weight excluding hydrogens is 592 g/mol. The van der Waals surface area contributed by atoms with Crippen molar-refractivity contribution >= 4 is 11.9 Å². The van der Waals surface area contributed by atoms with Gasteiger partial charge in [-0.25, -0.2) is 0 Å². The summed E-state index contributed by atoms with van der Waals surface area (Å²) in [6.07, 6.45) is 42.7. The summed E-state index contributed by atoms with van der Waals surface area (Å²) < 4.78 is 12.0. The van der Waals surface area contributed by atoms with Gasteiger partial charge in [0.2, 0.25) is 0 Å². The van der Waals surface area contributed by atoms with Crippen LogP contribution in [0.25, 0.3) is 0 Å². The summed E-state index contributed by atoms with van der Waals surface area (Å²) in [5.74, 6) is 0.0502. The zero-order valence-electron chi connectivity index (χ0n) is 33.2. The SMILES string of the molecule is CCCCCCCCC(CCCCCCC)OC(=O)CCCCCCCCCCC(=O)OC(CCCCCCC)CCCCCCCC. The van der Waals surface area contributed by atoms with Crippen molar-refractivity contribution in [1.82, 2.24) is 0 Å². The first-order chi connectivity index (χ1) is 23.6. The van der Waals surface area contributed by atoms with Crippen LogP contribution < -0.4 is 0 Å². The molecular formula is C44H86O4. The number of carbonyl (C=O) groups excluding carboxylic acids is 2. The fraction of sp³-hybridized carbons (Fsp3) is 0.955. The number of rotatable bonds is 39. The minimum Gasteiger partial charge on any atom is -0.462 e. The third-order valence-electron chi connectivity index (χ3n) is 10.1. The molecule has 0 saturated heterocycles. The Kier molecular flexibility index (Phi) is 37.9. The van der Waals surface area contributed by atoms with E-state index in [1.165, 1.54) is 167 Å². The van der Waals surface area contributed by atoms with Gasteiger partial charge >= 0.3 is 11.9 Å². The van der Waals surface area contributed by atoms with Gasteiger partial charge in [0.05, 0.1) is 0 Å². The summed E-state index contributed by atoms with van der Waals surface area (Å²) in [5, 5.41) is 0. The minimum absolute atomic E-state index is 0.0251. The van der Waals surface area contributed by atoms with Crippen molar-refractivity contribution in [1.29, 1.82) is 0 Å². The third kappa shape index (κ3) is 34.8. The van der Waals surface area contributed by atoms with E-state index in [0.717, 1.165) is 51.4 Å². The maximum Gasteiger partial charge on any atom is 0.306 e. The Labute approximate surface area is 301 Å². The van der Waals surface area contributed by atoms with Gasteiger partial charge in [0.25, 0.3) is 0 Å². The molecule has 0 aromatic rings. The molecule has 0 fully saturated rings. The first-order valence-corrected chi connectivity index (χ1v) is 22.0. The lowest BCUT2D eigenvalue weighted by Crippen LogP contribution is -2.18. The monoisotopic (exact) mass is 679 g/mol. The standard InChI is InChI=1S/C44H86O4/c1-5-9-13-17-25-31-37-41(35-29-23-15-11-7-3)47-43(45)39-33-27-21-19-20-22-28-34-40-44(46)48-42(36-30-24-16-12-8-4)38-32-26-18-14-10-6-2/h41-42H,5-40H2,1-4H3. The average molecular weight is 679 g/mol. The van der Waals surface area contributed by atoms with Crippen LogP contribution in [0.15, 0.2) is 0 Å². The van der Waals surface area contributed by atoms with Crippen LogP contribution in [0.4, 0.5) is 0 Å². The molecule has 0 aromatic heterocycles. The van der Waals surface area contributed by atoms with Crippen molar-refractivity contribution in [2.45, 2.75) is 271 Å². The highest BCUT2D eigenvalue weighted by atomic mass is 16.5. The topological polar surface area (TPSA) is 52.6 Å². The summed E-state index contributed by atoms with van der Waals surface area (Å²) in [6.45, 7) is 9.04. The number of hydrogen-bond donors (Lipinski definition) is 0. The Morgan fingerprint density at radius 2 is 0.521 bits per heavy atom. The molecule has 0 bridgehead atoms. The third-order valence-corrected chi connectivity index (χ3v) is 10.1. The number of hydrogen-bond acceptors (Lipinski definition) is 4. The van der Waals surface area contributed by atoms with Crippen molar-refractivity contribution in [3.63, 3.8) is 0 Å². The average Bonchev–Trinajstić information content (AvgIpc) is 3.08. The molecule has 48 heavy (non-hydrogen) atoms. The molecule has 0 aliphatic carbocycles. The molecule has 0 spiro atoms. The van der Waals surface area contributed by atoms with Crippen molar-refractivity contribution in [2.24, 2.45) is 0 Å². The molecule has 0 aliphatic heterocycles. The summed E-state index contributed by atoms with van der Waals surface area (Å²) in [6, 6.07) is 0. The molecule has 0 rings (SSSR count). The van der Waals surface area contributed by atoms with Gasteiger partial charge in [0, 0.05) is 12.8 Å². The van der Waals surface area contributed by atoms with E-state index in [1.807, 2.05) is 0 Å². The Morgan fingerprint density at radius 1 is 0.312 bits per heavy atom. The summed E-state index contributed by atoms with van der Waals surface area (Å²) in [4.78, 5) is 25.2. The predicted octanol–water partition coefficient (Wildman–Crippen LogP) is 14.9. The molecule has 0 aromatic carbocycles. The summed E-state index contributed by atoms with van der Waals surface area (Å²) >= 11 is 0. The molecule has 2 atom stereocenters. The largest absolute Gasteiger partial charge is 0.462 e. The van der Waals surface area contributed by atoms with Gasteiger partial charge < -0.3 is 9.47 Å². The van der Waals surface area contributed by atoms with E-state index in [9.17, 15) is 9.59 Å². The highest BCUT2D eigenvalue weighted by Gasteiger charge is 2.15. The number of esters is 2. The van der Waals surface area contributed by atoms with Gasteiger partial charge in [0.1, 0.15) is 12.2 Å². The quantitative estimate of drug-likeness (QED) is 0.0479. The van der Waals surface area contributed by atoms with Crippen LogP contribution in [-0.4, -0.2) is 24.1 Å². The number of ether oxygens (including phenoxy) is 2. The second kappa shape index (κ2) is 38.7. The predicted molar refractivity (Wildman–Crippen MR) is 209 cm³/mol. The minimum atomic E-state index is 0.0251. The highest BCUT2D eigenvalue weighted by molar-refractivity contribution is 5.69. The van der Waals surface area contributed by atoms with Gasteiger partial charge in [-0.3, -0.25) is 9.59 Å². The molecule has 0 N–H and O–H groups in total. The molecule has 4 heteroatoms. The van der Waals surface area contributed by atoms with Crippen LogP contribution in [0, 0.1) is 0 Å². The van der Waals surface area contributed by atoms with E-state index in [4.69, 9.17) is 9.47 Å². The normalized spacial score (nSPS) is 12.7. The van der Waals surface area contributed by atoms with Gasteiger partial charge in [-0.05, 0) is 64.2 Å². The molecule has 286 valence electrons. The van der Waals surface area contributed by atoms with Gasteiger partial charge in [-0.1, -0.05) is 182 Å². The van der Waals surface area contributed by atoms with Gasteiger partial charge in [-0.2, -0.15) is 0 Å². The maximum absolute atomic E-state index is 12.6. The van der Waals surface area contributed by atoms with Crippen LogP contribution in [0.3, 0.4) is 0 Å². The van der Waals surface area contributed by atoms with E-state index >= 15 is 0 Å². The van der Waals surface area contributed by atoms with E-state index in [2.05, 4.69) is 27.7 Å². The zero-order chi connectivity index (χ0) is 35.2. The van der Waals surface area contributed by atoms with Crippen LogP contribution in [0.2, 0.25) is 0 Å².